The summed E-state index contributed by atoms with van der Waals surface area (Å²) in [7, 11) is 1.59. The van der Waals surface area contributed by atoms with E-state index in [2.05, 4.69) is 29.4 Å². The molecule has 1 saturated heterocycles. The van der Waals surface area contributed by atoms with Gasteiger partial charge in [-0.05, 0) is 53.8 Å². The Kier molecular flexibility index (Phi) is 5.31. The minimum absolute atomic E-state index is 0.0717. The van der Waals surface area contributed by atoms with Crippen LogP contribution in [0, 0.1) is 5.92 Å². The largest absolute Gasteiger partial charge is 0.494 e. The Balaban J connectivity index is 1.88. The zero-order chi connectivity index (χ0) is 17.8. The monoisotopic (exact) mass is 343 g/mol. The summed E-state index contributed by atoms with van der Waals surface area (Å²) in [5.41, 5.74) is 1.30. The molecule has 2 aromatic rings. The Hall–Kier alpha value is -2.44. The van der Waals surface area contributed by atoms with Gasteiger partial charge in [-0.2, -0.15) is 4.68 Å². The molecule has 0 spiro atoms. The van der Waals surface area contributed by atoms with Crippen LogP contribution in [0.1, 0.15) is 49.9 Å². The van der Waals surface area contributed by atoms with Crippen molar-refractivity contribution >= 4 is 5.91 Å². The lowest BCUT2D eigenvalue weighted by Gasteiger charge is -2.30. The molecular formula is C18H25N5O2. The molecule has 1 aromatic heterocycles. The molecule has 0 radical (unpaired) electrons. The Morgan fingerprint density at radius 2 is 2.28 bits per heavy atom. The van der Waals surface area contributed by atoms with Gasteiger partial charge in [0.1, 0.15) is 17.8 Å². The fourth-order valence-electron chi connectivity index (χ4n) is 3.72. The number of rotatable bonds is 6. The maximum absolute atomic E-state index is 13.1. The van der Waals surface area contributed by atoms with Crippen molar-refractivity contribution in [1.82, 2.24) is 25.1 Å². The number of likely N-dealkylation sites (tertiary alicyclic amines) is 1. The molecule has 1 fully saturated rings. The van der Waals surface area contributed by atoms with Crippen LogP contribution in [0.5, 0.6) is 5.75 Å². The number of hydrogen-bond acceptors (Lipinski definition) is 5. The van der Waals surface area contributed by atoms with E-state index in [0.29, 0.717) is 29.0 Å². The van der Waals surface area contributed by atoms with Crippen LogP contribution in [-0.4, -0.2) is 50.7 Å². The van der Waals surface area contributed by atoms with E-state index in [1.54, 1.807) is 19.2 Å². The third-order valence-corrected chi connectivity index (χ3v) is 4.98. The van der Waals surface area contributed by atoms with Crippen molar-refractivity contribution in [3.05, 3.63) is 30.1 Å². The molecule has 1 aromatic carbocycles. The summed E-state index contributed by atoms with van der Waals surface area (Å²) >= 11 is 0. The van der Waals surface area contributed by atoms with Crippen LogP contribution < -0.4 is 4.74 Å². The highest BCUT2D eigenvalue weighted by atomic mass is 16.5. The smallest absolute Gasteiger partial charge is 0.254 e. The first-order valence-corrected chi connectivity index (χ1v) is 8.88. The molecule has 0 saturated carbocycles. The fourth-order valence-corrected chi connectivity index (χ4v) is 3.72. The number of benzene rings is 1. The van der Waals surface area contributed by atoms with E-state index in [0.717, 1.165) is 32.2 Å². The molecule has 0 bridgehead atoms. The number of nitrogens with zero attached hydrogens (tertiary/aromatic N) is 5. The number of tetrazole rings is 1. The van der Waals surface area contributed by atoms with Crippen LogP contribution in [0.25, 0.3) is 5.69 Å². The molecule has 2 heterocycles. The van der Waals surface area contributed by atoms with Crippen molar-refractivity contribution in [2.24, 2.45) is 5.92 Å². The van der Waals surface area contributed by atoms with Crippen LogP contribution in [0.15, 0.2) is 24.5 Å². The molecule has 2 unspecified atom stereocenters. The first-order valence-electron chi connectivity index (χ1n) is 8.88. The van der Waals surface area contributed by atoms with Crippen molar-refractivity contribution < 1.29 is 9.53 Å². The lowest BCUT2D eigenvalue weighted by atomic mass is 9.94. The second-order valence-electron chi connectivity index (χ2n) is 6.62. The van der Waals surface area contributed by atoms with Crippen LogP contribution in [0.3, 0.4) is 0 Å². The molecule has 1 aliphatic rings. The van der Waals surface area contributed by atoms with Crippen LogP contribution >= 0.6 is 0 Å². The Bertz CT molecular complexity index is 716. The van der Waals surface area contributed by atoms with Gasteiger partial charge in [0, 0.05) is 18.2 Å². The summed E-state index contributed by atoms with van der Waals surface area (Å²) in [4.78, 5) is 15.1. The second kappa shape index (κ2) is 7.63. The SMILES string of the molecule is CCCC(C)C1CCCN1C(=O)c1ccc(OC)c(-n2cnnn2)c1. The van der Waals surface area contributed by atoms with Gasteiger partial charge in [-0.3, -0.25) is 4.79 Å². The highest BCUT2D eigenvalue weighted by Gasteiger charge is 2.33. The van der Waals surface area contributed by atoms with Crippen molar-refractivity contribution in [2.75, 3.05) is 13.7 Å². The standard InChI is InChI=1S/C18H25N5O2/c1-4-6-13(2)15-7-5-10-22(15)18(24)14-8-9-17(25-3)16(11-14)23-12-19-20-21-23/h8-9,11-13,15H,4-7,10H2,1-3H3. The molecule has 7 heteroatoms. The Morgan fingerprint density at radius 3 is 2.96 bits per heavy atom. The van der Waals surface area contributed by atoms with E-state index in [4.69, 9.17) is 4.74 Å². The fraction of sp³-hybridized carbons (Fsp3) is 0.556. The maximum atomic E-state index is 13.1. The molecular weight excluding hydrogens is 318 g/mol. The predicted molar refractivity (Wildman–Crippen MR) is 93.8 cm³/mol. The summed E-state index contributed by atoms with van der Waals surface area (Å²) in [5, 5.41) is 11.2. The van der Waals surface area contributed by atoms with Crippen molar-refractivity contribution in [2.45, 2.75) is 45.6 Å². The highest BCUT2D eigenvalue weighted by molar-refractivity contribution is 5.95. The first-order chi connectivity index (χ1) is 12.2. The number of amides is 1. The number of methoxy groups -OCH3 is 1. The van der Waals surface area contributed by atoms with Gasteiger partial charge in [0.25, 0.3) is 5.91 Å². The van der Waals surface area contributed by atoms with Crippen molar-refractivity contribution in [1.29, 1.82) is 0 Å². The van der Waals surface area contributed by atoms with Crippen LogP contribution in [-0.2, 0) is 0 Å². The van der Waals surface area contributed by atoms with Gasteiger partial charge < -0.3 is 9.64 Å². The van der Waals surface area contributed by atoms with E-state index in [-0.39, 0.29) is 5.91 Å². The molecule has 3 rings (SSSR count). The first kappa shape index (κ1) is 17.4. The van der Waals surface area contributed by atoms with Gasteiger partial charge in [-0.1, -0.05) is 20.3 Å². The Morgan fingerprint density at radius 1 is 1.44 bits per heavy atom. The van der Waals surface area contributed by atoms with Gasteiger partial charge in [-0.25, -0.2) is 0 Å². The number of ether oxygens (including phenoxy) is 1. The predicted octanol–water partition coefficient (Wildman–Crippen LogP) is 2.71. The molecule has 7 nitrogen and oxygen atoms in total. The zero-order valence-electron chi connectivity index (χ0n) is 15.1. The van der Waals surface area contributed by atoms with E-state index in [1.165, 1.54) is 11.0 Å². The Labute approximate surface area is 148 Å². The molecule has 1 amide bonds. The third kappa shape index (κ3) is 3.50. The molecule has 0 N–H and O–H groups in total. The summed E-state index contributed by atoms with van der Waals surface area (Å²) in [5.74, 6) is 1.22. The van der Waals surface area contributed by atoms with E-state index < -0.39 is 0 Å². The topological polar surface area (TPSA) is 73.1 Å². The van der Waals surface area contributed by atoms with Gasteiger partial charge in [0.15, 0.2) is 0 Å². The number of hydrogen-bond donors (Lipinski definition) is 0. The lowest BCUT2D eigenvalue weighted by Crippen LogP contribution is -2.39. The van der Waals surface area contributed by atoms with Gasteiger partial charge in [0.2, 0.25) is 0 Å². The molecule has 134 valence electrons. The summed E-state index contributed by atoms with van der Waals surface area (Å²) in [6, 6.07) is 5.74. The number of carbonyl (C=O) groups is 1. The quantitative estimate of drug-likeness (QED) is 0.806. The second-order valence-corrected chi connectivity index (χ2v) is 6.62. The van der Waals surface area contributed by atoms with E-state index in [9.17, 15) is 4.79 Å². The van der Waals surface area contributed by atoms with Crippen LogP contribution in [0.2, 0.25) is 0 Å². The highest BCUT2D eigenvalue weighted by Crippen LogP contribution is 2.30. The molecule has 1 aliphatic heterocycles. The summed E-state index contributed by atoms with van der Waals surface area (Å²) in [6.45, 7) is 5.27. The van der Waals surface area contributed by atoms with E-state index in [1.807, 2.05) is 11.0 Å². The molecule has 2 atom stereocenters. The minimum atomic E-state index is 0.0717. The summed E-state index contributed by atoms with van der Waals surface area (Å²) in [6.07, 6.45) is 5.94. The van der Waals surface area contributed by atoms with Gasteiger partial charge in [0.05, 0.1) is 7.11 Å². The molecule has 25 heavy (non-hydrogen) atoms. The van der Waals surface area contributed by atoms with Crippen LogP contribution in [0.4, 0.5) is 0 Å². The maximum Gasteiger partial charge on any atom is 0.254 e. The average Bonchev–Trinajstić information content (AvgIpc) is 3.32. The van der Waals surface area contributed by atoms with Crippen molar-refractivity contribution in [3.8, 4) is 11.4 Å². The van der Waals surface area contributed by atoms with Crippen molar-refractivity contribution in [3.63, 3.8) is 0 Å². The zero-order valence-corrected chi connectivity index (χ0v) is 15.1. The number of aromatic nitrogens is 4. The average molecular weight is 343 g/mol. The van der Waals surface area contributed by atoms with Gasteiger partial charge in [-0.15, -0.1) is 5.10 Å². The molecule has 0 aliphatic carbocycles. The number of carbonyl (C=O) groups excluding carboxylic acids is 1. The summed E-state index contributed by atoms with van der Waals surface area (Å²) < 4.78 is 6.89. The van der Waals surface area contributed by atoms with E-state index >= 15 is 0 Å². The minimum Gasteiger partial charge on any atom is -0.494 e. The third-order valence-electron chi connectivity index (χ3n) is 4.98. The normalized spacial score (nSPS) is 18.4. The lowest BCUT2D eigenvalue weighted by molar-refractivity contribution is 0.0689. The van der Waals surface area contributed by atoms with Gasteiger partial charge >= 0.3 is 0 Å².